The third-order valence-electron chi connectivity index (χ3n) is 3.09. The third kappa shape index (κ3) is 4.45. The Hall–Kier alpha value is -1.42. The number of aryl methyl sites for hydroxylation is 1. The first kappa shape index (κ1) is 14.6. The van der Waals surface area contributed by atoms with E-state index < -0.39 is 0 Å². The Morgan fingerprint density at radius 2 is 2.17 bits per heavy atom. The van der Waals surface area contributed by atoms with Gasteiger partial charge >= 0.3 is 0 Å². The normalized spacial score (nSPS) is 14.0. The molecule has 100 valence electrons. The van der Waals surface area contributed by atoms with Gasteiger partial charge in [0.15, 0.2) is 0 Å². The van der Waals surface area contributed by atoms with Gasteiger partial charge in [-0.05, 0) is 38.8 Å². The van der Waals surface area contributed by atoms with Gasteiger partial charge in [-0.1, -0.05) is 13.0 Å². The van der Waals surface area contributed by atoms with Crippen molar-refractivity contribution >= 4 is 5.91 Å². The lowest BCUT2D eigenvalue weighted by atomic mass is 10.2. The van der Waals surface area contributed by atoms with Crippen molar-refractivity contribution in [2.45, 2.75) is 52.7 Å². The number of nitrogens with zero attached hydrogens (tertiary/aromatic N) is 1. The van der Waals surface area contributed by atoms with Gasteiger partial charge in [-0.15, -0.1) is 0 Å². The lowest BCUT2D eigenvalue weighted by molar-refractivity contribution is -0.123. The molecule has 0 saturated carbocycles. The number of amides is 1. The maximum Gasteiger partial charge on any atom is 0.237 e. The van der Waals surface area contributed by atoms with E-state index in [1.807, 2.05) is 32.9 Å². The van der Waals surface area contributed by atoms with E-state index in [0.717, 1.165) is 17.7 Å². The number of aromatic nitrogens is 1. The van der Waals surface area contributed by atoms with Crippen molar-refractivity contribution in [1.82, 2.24) is 15.6 Å². The molecule has 0 fully saturated rings. The van der Waals surface area contributed by atoms with Crippen molar-refractivity contribution in [3.63, 3.8) is 0 Å². The van der Waals surface area contributed by atoms with Gasteiger partial charge in [-0.25, -0.2) is 0 Å². The van der Waals surface area contributed by atoms with Crippen LogP contribution in [0.3, 0.4) is 0 Å². The molecule has 2 unspecified atom stereocenters. The predicted octanol–water partition coefficient (Wildman–Crippen LogP) is 1.78. The Morgan fingerprint density at radius 3 is 2.78 bits per heavy atom. The SMILES string of the molecule is CCC(C)NC(=O)C(C)NCc1ncccc1C. The molecule has 0 spiro atoms. The third-order valence-corrected chi connectivity index (χ3v) is 3.09. The Bertz CT molecular complexity index is 392. The molecule has 1 aromatic rings. The summed E-state index contributed by atoms with van der Waals surface area (Å²) in [6, 6.07) is 3.95. The highest BCUT2D eigenvalue weighted by Crippen LogP contribution is 2.02. The molecule has 18 heavy (non-hydrogen) atoms. The minimum atomic E-state index is -0.208. The van der Waals surface area contributed by atoms with Crippen LogP contribution in [0.25, 0.3) is 0 Å². The van der Waals surface area contributed by atoms with Crippen LogP contribution >= 0.6 is 0 Å². The van der Waals surface area contributed by atoms with Gasteiger partial charge in [0.05, 0.1) is 11.7 Å². The maximum atomic E-state index is 11.8. The van der Waals surface area contributed by atoms with E-state index in [1.54, 1.807) is 6.20 Å². The van der Waals surface area contributed by atoms with E-state index in [2.05, 4.69) is 22.5 Å². The van der Waals surface area contributed by atoms with Gasteiger partial charge in [0.25, 0.3) is 0 Å². The zero-order chi connectivity index (χ0) is 13.5. The van der Waals surface area contributed by atoms with Crippen molar-refractivity contribution in [3.8, 4) is 0 Å². The molecule has 1 amide bonds. The monoisotopic (exact) mass is 249 g/mol. The zero-order valence-electron chi connectivity index (χ0n) is 11.7. The summed E-state index contributed by atoms with van der Waals surface area (Å²) in [5.41, 5.74) is 2.13. The standard InChI is InChI=1S/C14H23N3O/c1-5-11(3)17-14(18)12(4)16-9-13-10(2)7-6-8-15-13/h6-8,11-12,16H,5,9H2,1-4H3,(H,17,18). The van der Waals surface area contributed by atoms with E-state index in [0.29, 0.717) is 6.54 Å². The fraction of sp³-hybridized carbons (Fsp3) is 0.571. The summed E-state index contributed by atoms with van der Waals surface area (Å²) in [6.45, 7) is 8.57. The number of hydrogen-bond acceptors (Lipinski definition) is 3. The summed E-state index contributed by atoms with van der Waals surface area (Å²) in [6.07, 6.45) is 2.71. The molecule has 1 aromatic heterocycles. The highest BCUT2D eigenvalue weighted by Gasteiger charge is 2.14. The van der Waals surface area contributed by atoms with Crippen LogP contribution < -0.4 is 10.6 Å². The van der Waals surface area contributed by atoms with Crippen LogP contribution in [0.4, 0.5) is 0 Å². The van der Waals surface area contributed by atoms with Crippen LogP contribution in [-0.2, 0) is 11.3 Å². The lowest BCUT2D eigenvalue weighted by Gasteiger charge is -2.17. The summed E-state index contributed by atoms with van der Waals surface area (Å²) in [7, 11) is 0. The van der Waals surface area contributed by atoms with Crippen LogP contribution in [0.1, 0.15) is 38.4 Å². The molecule has 2 atom stereocenters. The van der Waals surface area contributed by atoms with Gasteiger partial charge < -0.3 is 10.6 Å². The fourth-order valence-corrected chi connectivity index (χ4v) is 1.52. The molecule has 0 aromatic carbocycles. The average Bonchev–Trinajstić information content (AvgIpc) is 2.37. The van der Waals surface area contributed by atoms with Crippen LogP contribution in [0, 0.1) is 6.92 Å². The Labute approximate surface area is 109 Å². The Balaban J connectivity index is 2.44. The minimum absolute atomic E-state index is 0.0398. The Morgan fingerprint density at radius 1 is 1.44 bits per heavy atom. The highest BCUT2D eigenvalue weighted by molar-refractivity contribution is 5.81. The molecule has 4 heteroatoms. The van der Waals surface area contributed by atoms with Gasteiger partial charge in [-0.2, -0.15) is 0 Å². The van der Waals surface area contributed by atoms with Crippen LogP contribution in [0.2, 0.25) is 0 Å². The lowest BCUT2D eigenvalue weighted by Crippen LogP contribution is -2.45. The first-order valence-corrected chi connectivity index (χ1v) is 6.48. The summed E-state index contributed by atoms with van der Waals surface area (Å²) in [5.74, 6) is 0.0398. The second-order valence-electron chi connectivity index (χ2n) is 4.69. The number of pyridine rings is 1. The fourth-order valence-electron chi connectivity index (χ4n) is 1.52. The van der Waals surface area contributed by atoms with Crippen molar-refractivity contribution < 1.29 is 4.79 Å². The van der Waals surface area contributed by atoms with Crippen molar-refractivity contribution in [3.05, 3.63) is 29.6 Å². The molecule has 4 nitrogen and oxygen atoms in total. The molecular weight excluding hydrogens is 226 g/mol. The molecule has 0 bridgehead atoms. The number of hydrogen-bond donors (Lipinski definition) is 2. The van der Waals surface area contributed by atoms with Gasteiger partial charge in [0.2, 0.25) is 5.91 Å². The quantitative estimate of drug-likeness (QED) is 0.808. The topological polar surface area (TPSA) is 54.0 Å². The summed E-state index contributed by atoms with van der Waals surface area (Å²) < 4.78 is 0. The molecule has 2 N–H and O–H groups in total. The molecular formula is C14H23N3O. The van der Waals surface area contributed by atoms with Crippen LogP contribution in [-0.4, -0.2) is 23.0 Å². The molecule has 0 aliphatic carbocycles. The second-order valence-corrected chi connectivity index (χ2v) is 4.69. The summed E-state index contributed by atoms with van der Waals surface area (Å²) in [5, 5.41) is 6.15. The molecule has 0 radical (unpaired) electrons. The van der Waals surface area contributed by atoms with Crippen molar-refractivity contribution in [2.24, 2.45) is 0 Å². The number of nitrogens with one attached hydrogen (secondary N) is 2. The Kier molecular flexibility index (Phi) is 5.78. The minimum Gasteiger partial charge on any atom is -0.352 e. The van der Waals surface area contributed by atoms with Crippen molar-refractivity contribution in [2.75, 3.05) is 0 Å². The molecule has 0 aliphatic rings. The van der Waals surface area contributed by atoms with E-state index in [9.17, 15) is 4.79 Å². The first-order chi connectivity index (χ1) is 8.54. The number of carbonyl (C=O) groups excluding carboxylic acids is 1. The first-order valence-electron chi connectivity index (χ1n) is 6.48. The van der Waals surface area contributed by atoms with E-state index in [-0.39, 0.29) is 18.0 Å². The number of rotatable bonds is 6. The van der Waals surface area contributed by atoms with E-state index in [1.165, 1.54) is 0 Å². The smallest absolute Gasteiger partial charge is 0.237 e. The molecule has 0 aliphatic heterocycles. The summed E-state index contributed by atoms with van der Waals surface area (Å²) >= 11 is 0. The summed E-state index contributed by atoms with van der Waals surface area (Å²) in [4.78, 5) is 16.1. The molecule has 0 saturated heterocycles. The van der Waals surface area contributed by atoms with Gasteiger partial charge in [0.1, 0.15) is 0 Å². The largest absolute Gasteiger partial charge is 0.352 e. The van der Waals surface area contributed by atoms with Crippen LogP contribution in [0.15, 0.2) is 18.3 Å². The van der Waals surface area contributed by atoms with Crippen LogP contribution in [0.5, 0.6) is 0 Å². The second kappa shape index (κ2) is 7.11. The van der Waals surface area contributed by atoms with E-state index in [4.69, 9.17) is 0 Å². The van der Waals surface area contributed by atoms with Gasteiger partial charge in [-0.3, -0.25) is 9.78 Å². The van der Waals surface area contributed by atoms with Crippen molar-refractivity contribution in [1.29, 1.82) is 0 Å². The molecule has 1 heterocycles. The highest BCUT2D eigenvalue weighted by atomic mass is 16.2. The van der Waals surface area contributed by atoms with Gasteiger partial charge in [0, 0.05) is 18.8 Å². The van der Waals surface area contributed by atoms with E-state index >= 15 is 0 Å². The predicted molar refractivity (Wildman–Crippen MR) is 73.2 cm³/mol. The zero-order valence-corrected chi connectivity index (χ0v) is 11.7. The molecule has 1 rings (SSSR count). The average molecular weight is 249 g/mol. The number of carbonyl (C=O) groups is 1. The maximum absolute atomic E-state index is 11.8.